The third-order valence-corrected chi connectivity index (χ3v) is 4.55. The molecule has 0 aromatic carbocycles. The maximum Gasteiger partial charge on any atom is 0.221 e. The van der Waals surface area contributed by atoms with Crippen molar-refractivity contribution in [2.24, 2.45) is 0 Å². The van der Waals surface area contributed by atoms with E-state index in [4.69, 9.17) is 5.11 Å². The summed E-state index contributed by atoms with van der Waals surface area (Å²) in [7, 11) is -3.01. The molecule has 0 aromatic heterocycles. The molecule has 1 heterocycles. The molecule has 1 rings (SSSR count). The molecule has 1 aliphatic heterocycles. The number of hydrogen-bond donors (Lipinski definition) is 3. The summed E-state index contributed by atoms with van der Waals surface area (Å²) in [6, 6.07) is -0.562. The molecule has 2 atom stereocenters. The third kappa shape index (κ3) is 5.01. The van der Waals surface area contributed by atoms with Crippen molar-refractivity contribution in [3.05, 3.63) is 0 Å². The Hall–Kier alpha value is -0.660. The number of carbonyl (C=O) groups excluding carboxylic acids is 1. The lowest BCUT2D eigenvalue weighted by Gasteiger charge is -2.24. The van der Waals surface area contributed by atoms with Crippen LogP contribution in [0.25, 0.3) is 0 Å². The van der Waals surface area contributed by atoms with E-state index in [0.717, 1.165) is 0 Å². The van der Waals surface area contributed by atoms with Gasteiger partial charge >= 0.3 is 0 Å². The number of sulfone groups is 1. The van der Waals surface area contributed by atoms with Crippen LogP contribution in [-0.2, 0) is 14.6 Å². The maximum absolute atomic E-state index is 11.6. The van der Waals surface area contributed by atoms with E-state index in [1.54, 1.807) is 0 Å². The number of nitrogens with one attached hydrogen (secondary N) is 2. The molecular weight excluding hydrogens is 244 g/mol. The van der Waals surface area contributed by atoms with Gasteiger partial charge in [-0.05, 0) is 6.42 Å². The Kier molecular flexibility index (Phi) is 5.35. The van der Waals surface area contributed by atoms with E-state index in [0.29, 0.717) is 13.0 Å². The number of aliphatic hydroxyl groups is 1. The molecular formula is C10H20N2O4S. The van der Waals surface area contributed by atoms with E-state index in [2.05, 4.69) is 10.6 Å². The van der Waals surface area contributed by atoms with Gasteiger partial charge in [-0.1, -0.05) is 6.92 Å². The Morgan fingerprint density at radius 3 is 2.82 bits per heavy atom. The summed E-state index contributed by atoms with van der Waals surface area (Å²) < 4.78 is 22.7. The average molecular weight is 264 g/mol. The van der Waals surface area contributed by atoms with Crippen molar-refractivity contribution in [3.8, 4) is 0 Å². The van der Waals surface area contributed by atoms with Gasteiger partial charge in [0, 0.05) is 19.0 Å². The molecule has 0 aromatic rings. The van der Waals surface area contributed by atoms with Crippen LogP contribution in [0.4, 0.5) is 0 Å². The van der Waals surface area contributed by atoms with Crippen molar-refractivity contribution in [2.75, 3.05) is 24.7 Å². The molecule has 100 valence electrons. The normalized spacial score (nSPS) is 25.2. The van der Waals surface area contributed by atoms with Crippen LogP contribution in [-0.4, -0.2) is 56.2 Å². The van der Waals surface area contributed by atoms with Crippen molar-refractivity contribution in [3.63, 3.8) is 0 Å². The van der Waals surface area contributed by atoms with E-state index in [9.17, 15) is 13.2 Å². The Morgan fingerprint density at radius 2 is 2.29 bits per heavy atom. The number of rotatable bonds is 5. The average Bonchev–Trinajstić information content (AvgIpc) is 2.24. The molecule has 7 heteroatoms. The standard InChI is InChI=1S/C10H20N2O4S/c1-2-8(6-13)12-10(14)5-9-7-17(15,16)4-3-11-9/h8-9,11,13H,2-7H2,1H3,(H,12,14). The van der Waals surface area contributed by atoms with Crippen molar-refractivity contribution >= 4 is 15.7 Å². The quantitative estimate of drug-likeness (QED) is 0.570. The molecule has 0 radical (unpaired) electrons. The second-order valence-electron chi connectivity index (χ2n) is 4.32. The van der Waals surface area contributed by atoms with Gasteiger partial charge in [0.1, 0.15) is 0 Å². The zero-order valence-corrected chi connectivity index (χ0v) is 10.8. The van der Waals surface area contributed by atoms with E-state index < -0.39 is 9.84 Å². The molecule has 1 fully saturated rings. The first-order valence-corrected chi connectivity index (χ1v) is 7.63. The summed E-state index contributed by atoms with van der Waals surface area (Å²) in [6.45, 7) is 2.17. The first-order chi connectivity index (χ1) is 7.96. The second-order valence-corrected chi connectivity index (χ2v) is 6.55. The van der Waals surface area contributed by atoms with Gasteiger partial charge in [0.25, 0.3) is 0 Å². The highest BCUT2D eigenvalue weighted by Crippen LogP contribution is 2.05. The van der Waals surface area contributed by atoms with Gasteiger partial charge in [-0.3, -0.25) is 4.79 Å². The molecule has 0 aliphatic carbocycles. The van der Waals surface area contributed by atoms with E-state index in [-0.39, 0.29) is 42.5 Å². The summed E-state index contributed by atoms with van der Waals surface area (Å²) >= 11 is 0. The maximum atomic E-state index is 11.6. The summed E-state index contributed by atoms with van der Waals surface area (Å²) in [6.07, 6.45) is 0.786. The highest BCUT2D eigenvalue weighted by molar-refractivity contribution is 7.91. The minimum absolute atomic E-state index is 0.0103. The molecule has 17 heavy (non-hydrogen) atoms. The zero-order valence-electron chi connectivity index (χ0n) is 9.98. The number of carbonyl (C=O) groups is 1. The van der Waals surface area contributed by atoms with Gasteiger partial charge in [-0.15, -0.1) is 0 Å². The molecule has 3 N–H and O–H groups in total. The minimum atomic E-state index is -3.01. The predicted molar refractivity (Wildman–Crippen MR) is 64.4 cm³/mol. The third-order valence-electron chi connectivity index (χ3n) is 2.81. The van der Waals surface area contributed by atoms with Crippen molar-refractivity contribution in [1.29, 1.82) is 0 Å². The molecule has 0 saturated carbocycles. The molecule has 6 nitrogen and oxygen atoms in total. The summed E-state index contributed by atoms with van der Waals surface area (Å²) in [5.41, 5.74) is 0. The van der Waals surface area contributed by atoms with Gasteiger partial charge in [0.2, 0.25) is 5.91 Å². The van der Waals surface area contributed by atoms with Crippen LogP contribution in [0.2, 0.25) is 0 Å². The van der Waals surface area contributed by atoms with Crippen LogP contribution in [0.1, 0.15) is 19.8 Å². The van der Waals surface area contributed by atoms with Gasteiger partial charge in [-0.25, -0.2) is 8.42 Å². The van der Waals surface area contributed by atoms with Crippen molar-refractivity contribution in [1.82, 2.24) is 10.6 Å². The Bertz CT molecular complexity index is 351. The van der Waals surface area contributed by atoms with Gasteiger partial charge in [-0.2, -0.15) is 0 Å². The molecule has 1 saturated heterocycles. The lowest BCUT2D eigenvalue weighted by molar-refractivity contribution is -0.122. The van der Waals surface area contributed by atoms with Crippen LogP contribution in [0.5, 0.6) is 0 Å². The smallest absolute Gasteiger partial charge is 0.221 e. The first-order valence-electron chi connectivity index (χ1n) is 5.81. The van der Waals surface area contributed by atoms with Gasteiger partial charge in [0.05, 0.1) is 24.2 Å². The van der Waals surface area contributed by atoms with Crippen LogP contribution in [0.15, 0.2) is 0 Å². The molecule has 0 bridgehead atoms. The fourth-order valence-corrected chi connectivity index (χ4v) is 3.23. The Morgan fingerprint density at radius 1 is 1.59 bits per heavy atom. The summed E-state index contributed by atoms with van der Waals surface area (Å²) in [5.74, 6) is -0.0733. The van der Waals surface area contributed by atoms with Gasteiger partial charge in [0.15, 0.2) is 9.84 Å². The van der Waals surface area contributed by atoms with Gasteiger partial charge < -0.3 is 15.7 Å². The van der Waals surface area contributed by atoms with E-state index in [1.165, 1.54) is 0 Å². The predicted octanol–water partition coefficient (Wildman–Crippen LogP) is -1.35. The largest absolute Gasteiger partial charge is 0.394 e. The fraction of sp³-hybridized carbons (Fsp3) is 0.900. The van der Waals surface area contributed by atoms with Crippen LogP contribution >= 0.6 is 0 Å². The van der Waals surface area contributed by atoms with Crippen LogP contribution < -0.4 is 10.6 Å². The van der Waals surface area contributed by atoms with Crippen LogP contribution in [0.3, 0.4) is 0 Å². The monoisotopic (exact) mass is 264 g/mol. The van der Waals surface area contributed by atoms with E-state index >= 15 is 0 Å². The highest BCUT2D eigenvalue weighted by atomic mass is 32.2. The molecule has 1 aliphatic rings. The second kappa shape index (κ2) is 6.32. The van der Waals surface area contributed by atoms with Crippen LogP contribution in [0, 0.1) is 0 Å². The Balaban J connectivity index is 2.40. The molecule has 2 unspecified atom stereocenters. The fourth-order valence-electron chi connectivity index (χ4n) is 1.79. The highest BCUT2D eigenvalue weighted by Gasteiger charge is 2.26. The molecule has 0 spiro atoms. The Labute approximate surface area is 102 Å². The number of aliphatic hydroxyl groups excluding tert-OH is 1. The number of hydrogen-bond acceptors (Lipinski definition) is 5. The molecule has 1 amide bonds. The topological polar surface area (TPSA) is 95.5 Å². The summed E-state index contributed by atoms with van der Waals surface area (Å²) in [4.78, 5) is 11.6. The first kappa shape index (κ1) is 14.4. The lowest BCUT2D eigenvalue weighted by atomic mass is 10.2. The number of amides is 1. The lowest BCUT2D eigenvalue weighted by Crippen LogP contribution is -2.48. The SMILES string of the molecule is CCC(CO)NC(=O)CC1CS(=O)(=O)CCN1. The van der Waals surface area contributed by atoms with Crippen molar-refractivity contribution < 1.29 is 18.3 Å². The zero-order chi connectivity index (χ0) is 12.9. The minimum Gasteiger partial charge on any atom is -0.394 e. The summed E-state index contributed by atoms with van der Waals surface area (Å²) in [5, 5.41) is 14.6. The van der Waals surface area contributed by atoms with Crippen molar-refractivity contribution in [2.45, 2.75) is 31.8 Å². The van der Waals surface area contributed by atoms with E-state index in [1.807, 2.05) is 6.92 Å².